The monoisotopic (exact) mass is 278 g/mol. The molecule has 0 radical (unpaired) electrons. The Balaban J connectivity index is 2.95. The summed E-state index contributed by atoms with van der Waals surface area (Å²) in [5, 5.41) is 18.8. The van der Waals surface area contributed by atoms with Crippen molar-refractivity contribution in [3.63, 3.8) is 0 Å². The average Bonchev–Trinajstić information content (AvgIpc) is 2.50. The Labute approximate surface area is 94.5 Å². The highest BCUT2D eigenvalue weighted by Gasteiger charge is 2.37. The van der Waals surface area contributed by atoms with Gasteiger partial charge >= 0.3 is 5.97 Å². The molecular formula is C9H11BrO3S. The number of aliphatic hydroxyl groups is 1. The van der Waals surface area contributed by atoms with Gasteiger partial charge in [-0.1, -0.05) is 0 Å². The van der Waals surface area contributed by atoms with Crippen LogP contribution in [0.5, 0.6) is 0 Å². The van der Waals surface area contributed by atoms with Crippen molar-refractivity contribution in [3.05, 3.63) is 20.8 Å². The summed E-state index contributed by atoms with van der Waals surface area (Å²) < 4.78 is 0.882. The molecule has 0 aliphatic rings. The van der Waals surface area contributed by atoms with Crippen LogP contribution in [-0.2, 0) is 4.79 Å². The zero-order valence-electron chi connectivity index (χ0n) is 7.82. The molecule has 1 unspecified atom stereocenters. The summed E-state index contributed by atoms with van der Waals surface area (Å²) in [6, 6.07) is 3.52. The number of carbonyl (C=O) groups is 1. The minimum absolute atomic E-state index is 0.657. The Morgan fingerprint density at radius 1 is 1.57 bits per heavy atom. The second-order valence-corrected chi connectivity index (χ2v) is 6.07. The van der Waals surface area contributed by atoms with Crippen molar-refractivity contribution in [1.82, 2.24) is 0 Å². The van der Waals surface area contributed by atoms with E-state index in [1.165, 1.54) is 25.2 Å². The molecule has 0 saturated heterocycles. The molecule has 0 saturated carbocycles. The van der Waals surface area contributed by atoms with E-state index in [1.807, 2.05) is 0 Å². The van der Waals surface area contributed by atoms with Crippen LogP contribution in [0, 0.1) is 5.41 Å². The van der Waals surface area contributed by atoms with E-state index in [1.54, 1.807) is 12.1 Å². The fourth-order valence-corrected chi connectivity index (χ4v) is 2.54. The average molecular weight is 279 g/mol. The van der Waals surface area contributed by atoms with E-state index in [4.69, 9.17) is 5.11 Å². The van der Waals surface area contributed by atoms with Crippen LogP contribution in [0.25, 0.3) is 0 Å². The van der Waals surface area contributed by atoms with Gasteiger partial charge in [0, 0.05) is 4.88 Å². The van der Waals surface area contributed by atoms with Crippen LogP contribution in [0.4, 0.5) is 0 Å². The Bertz CT molecular complexity index is 346. The summed E-state index contributed by atoms with van der Waals surface area (Å²) in [5.41, 5.74) is -1.16. The lowest BCUT2D eigenvalue weighted by atomic mass is 9.86. The molecule has 0 fully saturated rings. The SMILES string of the molecule is CC(C)(C(=O)O)C(O)c1ccc(Br)s1. The Morgan fingerprint density at radius 2 is 2.14 bits per heavy atom. The maximum atomic E-state index is 10.9. The Morgan fingerprint density at radius 3 is 2.50 bits per heavy atom. The number of thiophene rings is 1. The first-order valence-corrected chi connectivity index (χ1v) is 5.63. The molecule has 14 heavy (non-hydrogen) atoms. The van der Waals surface area contributed by atoms with Gasteiger partial charge in [-0.3, -0.25) is 4.79 Å². The van der Waals surface area contributed by atoms with Crippen LogP contribution in [0.1, 0.15) is 24.8 Å². The number of carboxylic acid groups (broad SMARTS) is 1. The summed E-state index contributed by atoms with van der Waals surface area (Å²) in [5.74, 6) is -1.01. The quantitative estimate of drug-likeness (QED) is 0.894. The smallest absolute Gasteiger partial charge is 0.312 e. The zero-order valence-corrected chi connectivity index (χ0v) is 10.2. The molecule has 0 aliphatic carbocycles. The molecule has 1 rings (SSSR count). The lowest BCUT2D eigenvalue weighted by molar-refractivity contribution is -0.153. The Kier molecular flexibility index (Phi) is 3.34. The van der Waals surface area contributed by atoms with E-state index < -0.39 is 17.5 Å². The second-order valence-electron chi connectivity index (χ2n) is 3.57. The number of aliphatic hydroxyl groups excluding tert-OH is 1. The molecule has 1 aromatic heterocycles. The van der Waals surface area contributed by atoms with E-state index >= 15 is 0 Å². The minimum Gasteiger partial charge on any atom is -0.481 e. The summed E-state index contributed by atoms with van der Waals surface area (Å²) in [7, 11) is 0. The maximum absolute atomic E-state index is 10.9. The van der Waals surface area contributed by atoms with Crippen LogP contribution in [0.15, 0.2) is 15.9 Å². The number of halogens is 1. The molecule has 78 valence electrons. The van der Waals surface area contributed by atoms with Crippen molar-refractivity contribution in [2.24, 2.45) is 5.41 Å². The minimum atomic E-state index is -1.16. The van der Waals surface area contributed by atoms with Gasteiger partial charge in [0.25, 0.3) is 0 Å². The first-order chi connectivity index (χ1) is 6.35. The summed E-state index contributed by atoms with van der Waals surface area (Å²) in [4.78, 5) is 11.5. The molecular weight excluding hydrogens is 268 g/mol. The van der Waals surface area contributed by atoms with Crippen molar-refractivity contribution in [2.45, 2.75) is 20.0 Å². The first-order valence-electron chi connectivity index (χ1n) is 4.02. The van der Waals surface area contributed by atoms with E-state index in [0.29, 0.717) is 4.88 Å². The van der Waals surface area contributed by atoms with Crippen LogP contribution in [0.3, 0.4) is 0 Å². The topological polar surface area (TPSA) is 57.5 Å². The number of hydrogen-bond donors (Lipinski definition) is 2. The molecule has 1 atom stereocenters. The largest absolute Gasteiger partial charge is 0.481 e. The van der Waals surface area contributed by atoms with E-state index in [9.17, 15) is 9.90 Å². The lowest BCUT2D eigenvalue weighted by Crippen LogP contribution is -2.30. The lowest BCUT2D eigenvalue weighted by Gasteiger charge is -2.24. The highest BCUT2D eigenvalue weighted by atomic mass is 79.9. The molecule has 0 spiro atoms. The Hall–Kier alpha value is -0.390. The van der Waals surface area contributed by atoms with Gasteiger partial charge in [0.05, 0.1) is 9.20 Å². The maximum Gasteiger partial charge on any atom is 0.312 e. The summed E-state index contributed by atoms with van der Waals surface area (Å²) in [6.45, 7) is 3.02. The van der Waals surface area contributed by atoms with Gasteiger partial charge in [0.2, 0.25) is 0 Å². The molecule has 0 aromatic carbocycles. The zero-order chi connectivity index (χ0) is 10.9. The van der Waals surface area contributed by atoms with Crippen molar-refractivity contribution in [2.75, 3.05) is 0 Å². The molecule has 2 N–H and O–H groups in total. The second kappa shape index (κ2) is 4.00. The van der Waals surface area contributed by atoms with Crippen molar-refractivity contribution >= 4 is 33.2 Å². The highest BCUT2D eigenvalue weighted by molar-refractivity contribution is 9.11. The third kappa shape index (κ3) is 2.16. The fourth-order valence-electron chi connectivity index (χ4n) is 0.948. The molecule has 0 aliphatic heterocycles. The van der Waals surface area contributed by atoms with Gasteiger partial charge in [-0.25, -0.2) is 0 Å². The fraction of sp³-hybridized carbons (Fsp3) is 0.444. The molecule has 1 heterocycles. The van der Waals surface area contributed by atoms with Gasteiger partial charge in [-0.15, -0.1) is 11.3 Å². The third-order valence-corrected chi connectivity index (χ3v) is 3.77. The van der Waals surface area contributed by atoms with Gasteiger partial charge in [-0.05, 0) is 41.9 Å². The van der Waals surface area contributed by atoms with E-state index in [0.717, 1.165) is 3.79 Å². The van der Waals surface area contributed by atoms with Crippen LogP contribution in [0.2, 0.25) is 0 Å². The molecule has 0 bridgehead atoms. The van der Waals surface area contributed by atoms with Crippen LogP contribution < -0.4 is 0 Å². The van der Waals surface area contributed by atoms with E-state index in [-0.39, 0.29) is 0 Å². The predicted octanol–water partition coefficient (Wildman–Crippen LogP) is 2.65. The molecule has 1 aromatic rings. The summed E-state index contributed by atoms with van der Waals surface area (Å²) in [6.07, 6.45) is -0.976. The number of hydrogen-bond acceptors (Lipinski definition) is 3. The van der Waals surface area contributed by atoms with Gasteiger partial charge in [0.1, 0.15) is 6.10 Å². The normalized spacial score (nSPS) is 14.0. The van der Waals surface area contributed by atoms with Gasteiger partial charge in [-0.2, -0.15) is 0 Å². The standard InChI is InChI=1S/C9H11BrO3S/c1-9(2,8(12)13)7(11)5-3-4-6(10)14-5/h3-4,7,11H,1-2H3,(H,12,13). The number of rotatable bonds is 3. The molecule has 3 nitrogen and oxygen atoms in total. The third-order valence-electron chi connectivity index (χ3n) is 2.10. The van der Waals surface area contributed by atoms with Crippen molar-refractivity contribution in [3.8, 4) is 0 Å². The highest BCUT2D eigenvalue weighted by Crippen LogP contribution is 2.38. The van der Waals surface area contributed by atoms with Crippen LogP contribution >= 0.6 is 27.3 Å². The van der Waals surface area contributed by atoms with E-state index in [2.05, 4.69) is 15.9 Å². The molecule has 5 heteroatoms. The van der Waals surface area contributed by atoms with Gasteiger partial charge in [0.15, 0.2) is 0 Å². The predicted molar refractivity (Wildman–Crippen MR) is 58.4 cm³/mol. The van der Waals surface area contributed by atoms with Crippen molar-refractivity contribution in [1.29, 1.82) is 0 Å². The van der Waals surface area contributed by atoms with Crippen molar-refractivity contribution < 1.29 is 15.0 Å². The molecule has 0 amide bonds. The number of aliphatic carboxylic acids is 1. The summed E-state index contributed by atoms with van der Waals surface area (Å²) >= 11 is 4.61. The first kappa shape index (κ1) is 11.7. The number of carboxylic acids is 1. The van der Waals surface area contributed by atoms with Crippen LogP contribution in [-0.4, -0.2) is 16.2 Å². The van der Waals surface area contributed by atoms with Gasteiger partial charge < -0.3 is 10.2 Å².